The van der Waals surface area contributed by atoms with E-state index in [4.69, 9.17) is 5.73 Å². The summed E-state index contributed by atoms with van der Waals surface area (Å²) in [5, 5.41) is 0. The fourth-order valence-corrected chi connectivity index (χ4v) is 1.18. The second-order valence-corrected chi connectivity index (χ2v) is 3.60. The van der Waals surface area contributed by atoms with Gasteiger partial charge in [-0.1, -0.05) is 26.0 Å². The van der Waals surface area contributed by atoms with Crippen LogP contribution in [0.5, 0.6) is 0 Å². The van der Waals surface area contributed by atoms with E-state index in [0.29, 0.717) is 12.0 Å². The zero-order chi connectivity index (χ0) is 8.27. The Labute approximate surface area is 69.1 Å². The smallest absolute Gasteiger partial charge is 0.0191 e. The fraction of sp³-hybridized carbons (Fsp3) is 0.778. The molecule has 0 aromatic carbocycles. The van der Waals surface area contributed by atoms with Crippen LogP contribution >= 0.6 is 0 Å². The molecule has 0 spiro atoms. The van der Waals surface area contributed by atoms with Gasteiger partial charge in [-0.15, -0.1) is 0 Å². The van der Waals surface area contributed by atoms with Gasteiger partial charge in [-0.25, -0.2) is 0 Å². The average Bonchev–Trinajstić information content (AvgIpc) is 2.39. The Morgan fingerprint density at radius 3 is 2.36 bits per heavy atom. The van der Waals surface area contributed by atoms with Gasteiger partial charge in [-0.3, -0.25) is 4.90 Å². The van der Waals surface area contributed by atoms with Crippen molar-refractivity contribution in [2.45, 2.75) is 19.9 Å². The molecule has 1 aliphatic heterocycles. The van der Waals surface area contributed by atoms with Gasteiger partial charge in [0.05, 0.1) is 0 Å². The lowest BCUT2D eigenvalue weighted by molar-refractivity contribution is 0.295. The van der Waals surface area contributed by atoms with Gasteiger partial charge in [0.25, 0.3) is 0 Å². The SMILES string of the molecule is CC(C)[C@H](N)CN1CC=CC1. The Balaban J connectivity index is 2.20. The molecule has 1 heterocycles. The predicted molar refractivity (Wildman–Crippen MR) is 48.4 cm³/mol. The zero-order valence-corrected chi connectivity index (χ0v) is 7.46. The maximum absolute atomic E-state index is 5.93. The fourth-order valence-electron chi connectivity index (χ4n) is 1.18. The van der Waals surface area contributed by atoms with E-state index in [2.05, 4.69) is 30.9 Å². The summed E-state index contributed by atoms with van der Waals surface area (Å²) in [5.74, 6) is 0.593. The van der Waals surface area contributed by atoms with E-state index in [0.717, 1.165) is 19.6 Å². The van der Waals surface area contributed by atoms with Crippen molar-refractivity contribution in [3.05, 3.63) is 12.2 Å². The van der Waals surface area contributed by atoms with Gasteiger partial charge in [0.2, 0.25) is 0 Å². The summed E-state index contributed by atoms with van der Waals surface area (Å²) in [6.07, 6.45) is 4.40. The van der Waals surface area contributed by atoms with Crippen LogP contribution in [-0.2, 0) is 0 Å². The minimum atomic E-state index is 0.329. The van der Waals surface area contributed by atoms with Crippen molar-refractivity contribution in [1.29, 1.82) is 0 Å². The van der Waals surface area contributed by atoms with Crippen LogP contribution in [0.1, 0.15) is 13.8 Å². The first kappa shape index (κ1) is 8.75. The van der Waals surface area contributed by atoms with Gasteiger partial charge in [-0.05, 0) is 5.92 Å². The van der Waals surface area contributed by atoms with Crippen LogP contribution in [0.25, 0.3) is 0 Å². The molecule has 0 aromatic heterocycles. The molecule has 1 aliphatic rings. The van der Waals surface area contributed by atoms with Crippen molar-refractivity contribution >= 4 is 0 Å². The normalized spacial score (nSPS) is 21.5. The standard InChI is InChI=1S/C9H18N2/c1-8(2)9(10)7-11-5-3-4-6-11/h3-4,8-9H,5-7,10H2,1-2H3/t9-/m1/s1. The van der Waals surface area contributed by atoms with Gasteiger partial charge >= 0.3 is 0 Å². The Kier molecular flexibility index (Phi) is 3.09. The Morgan fingerprint density at radius 1 is 1.36 bits per heavy atom. The molecule has 2 nitrogen and oxygen atoms in total. The molecule has 2 N–H and O–H groups in total. The Hall–Kier alpha value is -0.340. The highest BCUT2D eigenvalue weighted by molar-refractivity contribution is 4.96. The molecule has 0 amide bonds. The predicted octanol–water partition coefficient (Wildman–Crippen LogP) is 0.842. The maximum atomic E-state index is 5.93. The average molecular weight is 154 g/mol. The van der Waals surface area contributed by atoms with E-state index < -0.39 is 0 Å². The second kappa shape index (κ2) is 3.88. The van der Waals surface area contributed by atoms with Crippen molar-refractivity contribution in [2.24, 2.45) is 11.7 Å². The Bertz CT molecular complexity index is 132. The number of hydrogen-bond donors (Lipinski definition) is 1. The molecule has 0 unspecified atom stereocenters. The van der Waals surface area contributed by atoms with E-state index in [1.54, 1.807) is 0 Å². The highest BCUT2D eigenvalue weighted by atomic mass is 15.1. The van der Waals surface area contributed by atoms with Gasteiger partial charge in [0.15, 0.2) is 0 Å². The number of nitrogens with zero attached hydrogens (tertiary/aromatic N) is 1. The molecule has 1 atom stereocenters. The van der Waals surface area contributed by atoms with E-state index in [-0.39, 0.29) is 0 Å². The summed E-state index contributed by atoms with van der Waals surface area (Å²) in [4.78, 5) is 2.37. The Morgan fingerprint density at radius 2 is 1.91 bits per heavy atom. The van der Waals surface area contributed by atoms with E-state index >= 15 is 0 Å². The molecule has 1 rings (SSSR count). The molecule has 0 bridgehead atoms. The molecule has 0 aromatic rings. The molecule has 0 saturated carbocycles. The lowest BCUT2D eigenvalue weighted by atomic mass is 10.1. The molecule has 0 radical (unpaired) electrons. The van der Waals surface area contributed by atoms with Gasteiger partial charge in [-0.2, -0.15) is 0 Å². The first-order chi connectivity index (χ1) is 5.20. The van der Waals surface area contributed by atoms with Crippen LogP contribution in [0.3, 0.4) is 0 Å². The summed E-state index contributed by atoms with van der Waals surface area (Å²) >= 11 is 0. The lowest BCUT2D eigenvalue weighted by Gasteiger charge is -2.22. The third-order valence-corrected chi connectivity index (χ3v) is 2.22. The minimum Gasteiger partial charge on any atom is -0.326 e. The molecule has 0 aliphatic carbocycles. The van der Waals surface area contributed by atoms with Crippen molar-refractivity contribution in [3.63, 3.8) is 0 Å². The van der Waals surface area contributed by atoms with Crippen LogP contribution < -0.4 is 5.73 Å². The van der Waals surface area contributed by atoms with Crippen LogP contribution in [0.15, 0.2) is 12.2 Å². The summed E-state index contributed by atoms with van der Waals surface area (Å²) < 4.78 is 0. The highest BCUT2D eigenvalue weighted by Gasteiger charge is 2.13. The second-order valence-electron chi connectivity index (χ2n) is 3.60. The number of hydrogen-bond acceptors (Lipinski definition) is 2. The largest absolute Gasteiger partial charge is 0.326 e. The van der Waals surface area contributed by atoms with Crippen molar-refractivity contribution in [3.8, 4) is 0 Å². The van der Waals surface area contributed by atoms with Crippen molar-refractivity contribution in [1.82, 2.24) is 4.90 Å². The zero-order valence-electron chi connectivity index (χ0n) is 7.46. The van der Waals surface area contributed by atoms with E-state index in [1.807, 2.05) is 0 Å². The van der Waals surface area contributed by atoms with E-state index in [9.17, 15) is 0 Å². The first-order valence-electron chi connectivity index (χ1n) is 4.33. The van der Waals surface area contributed by atoms with Crippen LogP contribution in [0, 0.1) is 5.92 Å². The lowest BCUT2D eigenvalue weighted by Crippen LogP contribution is -2.39. The van der Waals surface area contributed by atoms with Gasteiger partial charge < -0.3 is 5.73 Å². The third kappa shape index (κ3) is 2.64. The van der Waals surface area contributed by atoms with Crippen LogP contribution in [0.4, 0.5) is 0 Å². The quantitative estimate of drug-likeness (QED) is 0.610. The molecular formula is C9H18N2. The topological polar surface area (TPSA) is 29.3 Å². The van der Waals surface area contributed by atoms with Gasteiger partial charge in [0.1, 0.15) is 0 Å². The first-order valence-corrected chi connectivity index (χ1v) is 4.33. The molecular weight excluding hydrogens is 136 g/mol. The molecule has 0 fully saturated rings. The molecule has 11 heavy (non-hydrogen) atoms. The van der Waals surface area contributed by atoms with E-state index in [1.165, 1.54) is 0 Å². The molecule has 0 saturated heterocycles. The molecule has 64 valence electrons. The summed E-state index contributed by atoms with van der Waals surface area (Å²) in [5.41, 5.74) is 5.93. The minimum absolute atomic E-state index is 0.329. The van der Waals surface area contributed by atoms with Gasteiger partial charge in [0, 0.05) is 25.7 Å². The maximum Gasteiger partial charge on any atom is 0.0191 e. The van der Waals surface area contributed by atoms with Crippen molar-refractivity contribution < 1.29 is 0 Å². The summed E-state index contributed by atoms with van der Waals surface area (Å²) in [6.45, 7) is 7.55. The summed E-state index contributed by atoms with van der Waals surface area (Å²) in [7, 11) is 0. The monoisotopic (exact) mass is 154 g/mol. The van der Waals surface area contributed by atoms with Crippen LogP contribution in [0.2, 0.25) is 0 Å². The number of nitrogens with two attached hydrogens (primary N) is 1. The summed E-state index contributed by atoms with van der Waals surface area (Å²) in [6, 6.07) is 0.329. The van der Waals surface area contributed by atoms with Crippen LogP contribution in [-0.4, -0.2) is 30.6 Å². The molecule has 2 heteroatoms. The third-order valence-electron chi connectivity index (χ3n) is 2.22. The van der Waals surface area contributed by atoms with Crippen molar-refractivity contribution in [2.75, 3.05) is 19.6 Å². The number of rotatable bonds is 3. The highest BCUT2D eigenvalue weighted by Crippen LogP contribution is 2.04.